The topological polar surface area (TPSA) is 53.4 Å². The molecule has 1 aromatic heterocycles. The number of rotatable bonds is 6. The highest BCUT2D eigenvalue weighted by molar-refractivity contribution is 7.98. The number of para-hydroxylation sites is 1. The monoisotopic (exact) mass is 428 g/mol. The number of nitrogens with zero attached hydrogens (tertiary/aromatic N) is 2. The number of fused-ring (bicyclic) bond motifs is 2. The van der Waals surface area contributed by atoms with E-state index in [-0.39, 0.29) is 12.4 Å². The van der Waals surface area contributed by atoms with Gasteiger partial charge in [0.15, 0.2) is 16.7 Å². The lowest BCUT2D eigenvalue weighted by molar-refractivity contribution is 0.174. The van der Waals surface area contributed by atoms with Crippen LogP contribution in [-0.4, -0.2) is 16.3 Å². The molecule has 2 heterocycles. The Morgan fingerprint density at radius 1 is 1.00 bits per heavy atom. The minimum absolute atomic E-state index is 0.0484. The lowest BCUT2D eigenvalue weighted by atomic mass is 10.1. The molecular formula is C25H20N2O3S. The second-order valence-corrected chi connectivity index (χ2v) is 8.17. The number of aromatic nitrogens is 2. The van der Waals surface area contributed by atoms with Crippen LogP contribution >= 0.6 is 11.8 Å². The van der Waals surface area contributed by atoms with Gasteiger partial charge in [0.2, 0.25) is 6.79 Å². The maximum absolute atomic E-state index is 13.3. The van der Waals surface area contributed by atoms with Crippen molar-refractivity contribution in [2.75, 3.05) is 6.79 Å². The van der Waals surface area contributed by atoms with Gasteiger partial charge < -0.3 is 9.47 Å². The number of ether oxygens (including phenoxy) is 2. The SMILES string of the molecule is C=Cc1ccc(CSc2nc3ccccc3c(=O)n2Cc2ccc3c(c2)OCO3)cc1. The Labute approximate surface area is 184 Å². The maximum Gasteiger partial charge on any atom is 0.262 e. The third kappa shape index (κ3) is 3.94. The molecule has 0 atom stereocenters. The molecule has 154 valence electrons. The Morgan fingerprint density at radius 3 is 2.61 bits per heavy atom. The molecule has 0 fully saturated rings. The van der Waals surface area contributed by atoms with E-state index in [2.05, 4.69) is 18.7 Å². The maximum atomic E-state index is 13.3. The van der Waals surface area contributed by atoms with Crippen molar-refractivity contribution in [3.8, 4) is 11.5 Å². The van der Waals surface area contributed by atoms with Crippen LogP contribution < -0.4 is 15.0 Å². The van der Waals surface area contributed by atoms with Crippen molar-refractivity contribution in [1.29, 1.82) is 0 Å². The summed E-state index contributed by atoms with van der Waals surface area (Å²) < 4.78 is 12.6. The van der Waals surface area contributed by atoms with Gasteiger partial charge in [-0.1, -0.05) is 66.9 Å². The van der Waals surface area contributed by atoms with Gasteiger partial charge in [-0.2, -0.15) is 0 Å². The van der Waals surface area contributed by atoms with Gasteiger partial charge in [0.1, 0.15) is 0 Å². The molecular weight excluding hydrogens is 408 g/mol. The van der Waals surface area contributed by atoms with Crippen molar-refractivity contribution >= 4 is 28.7 Å². The van der Waals surface area contributed by atoms with E-state index in [0.29, 0.717) is 34.1 Å². The fourth-order valence-corrected chi connectivity index (χ4v) is 4.47. The van der Waals surface area contributed by atoms with Gasteiger partial charge in [0.25, 0.3) is 5.56 Å². The molecule has 1 aliphatic heterocycles. The minimum atomic E-state index is -0.0484. The highest BCUT2D eigenvalue weighted by Crippen LogP contribution is 2.33. The Hall–Kier alpha value is -3.51. The summed E-state index contributed by atoms with van der Waals surface area (Å²) in [5, 5.41) is 1.30. The first kappa shape index (κ1) is 19.5. The molecule has 5 nitrogen and oxygen atoms in total. The first-order chi connectivity index (χ1) is 15.2. The number of thioether (sulfide) groups is 1. The highest BCUT2D eigenvalue weighted by Gasteiger charge is 2.16. The minimum Gasteiger partial charge on any atom is -0.454 e. The number of hydrogen-bond donors (Lipinski definition) is 0. The molecule has 31 heavy (non-hydrogen) atoms. The molecule has 5 rings (SSSR count). The van der Waals surface area contributed by atoms with Crippen LogP contribution in [-0.2, 0) is 12.3 Å². The molecule has 0 saturated carbocycles. The summed E-state index contributed by atoms with van der Waals surface area (Å²) in [5.41, 5.74) is 3.86. The average Bonchev–Trinajstić information content (AvgIpc) is 3.28. The zero-order valence-corrected chi connectivity index (χ0v) is 17.6. The number of benzene rings is 3. The molecule has 4 aromatic rings. The first-order valence-corrected chi connectivity index (χ1v) is 10.9. The van der Waals surface area contributed by atoms with E-state index in [4.69, 9.17) is 14.5 Å². The van der Waals surface area contributed by atoms with Crippen molar-refractivity contribution in [1.82, 2.24) is 9.55 Å². The normalized spacial score (nSPS) is 12.3. The van der Waals surface area contributed by atoms with E-state index >= 15 is 0 Å². The molecule has 0 radical (unpaired) electrons. The largest absolute Gasteiger partial charge is 0.454 e. The fourth-order valence-electron chi connectivity index (χ4n) is 3.52. The predicted octanol–water partition coefficient (Wildman–Crippen LogP) is 5.11. The summed E-state index contributed by atoms with van der Waals surface area (Å²) in [6, 6.07) is 21.5. The lowest BCUT2D eigenvalue weighted by Gasteiger charge is -2.14. The average molecular weight is 429 g/mol. The summed E-state index contributed by atoms with van der Waals surface area (Å²) in [7, 11) is 0. The van der Waals surface area contributed by atoms with Gasteiger partial charge in [-0.25, -0.2) is 4.98 Å². The Morgan fingerprint density at radius 2 is 1.77 bits per heavy atom. The van der Waals surface area contributed by atoms with Crippen LogP contribution in [0.2, 0.25) is 0 Å². The van der Waals surface area contributed by atoms with Crippen LogP contribution in [0, 0.1) is 0 Å². The van der Waals surface area contributed by atoms with Crippen LogP contribution in [0.1, 0.15) is 16.7 Å². The van der Waals surface area contributed by atoms with Crippen molar-refractivity contribution in [3.05, 3.63) is 100 Å². The quantitative estimate of drug-likeness (QED) is 0.316. The second-order valence-electron chi connectivity index (χ2n) is 7.22. The zero-order chi connectivity index (χ0) is 21.2. The van der Waals surface area contributed by atoms with Crippen molar-refractivity contribution in [2.45, 2.75) is 17.5 Å². The molecule has 0 saturated heterocycles. The van der Waals surface area contributed by atoms with Crippen molar-refractivity contribution in [3.63, 3.8) is 0 Å². The Kier molecular flexibility index (Phi) is 5.22. The van der Waals surface area contributed by atoms with Gasteiger partial charge in [-0.15, -0.1) is 0 Å². The summed E-state index contributed by atoms with van der Waals surface area (Å²) >= 11 is 1.56. The Balaban J connectivity index is 1.51. The summed E-state index contributed by atoms with van der Waals surface area (Å²) in [6.45, 7) is 4.43. The molecule has 0 N–H and O–H groups in total. The Bertz CT molecular complexity index is 1330. The predicted molar refractivity (Wildman–Crippen MR) is 124 cm³/mol. The zero-order valence-electron chi connectivity index (χ0n) is 16.8. The van der Waals surface area contributed by atoms with E-state index < -0.39 is 0 Å². The summed E-state index contributed by atoms with van der Waals surface area (Å²) in [4.78, 5) is 18.1. The first-order valence-electron chi connectivity index (χ1n) is 9.93. The molecule has 0 spiro atoms. The van der Waals surface area contributed by atoms with E-state index in [1.807, 2.05) is 60.7 Å². The lowest BCUT2D eigenvalue weighted by Crippen LogP contribution is -2.24. The van der Waals surface area contributed by atoms with Gasteiger partial charge in [-0.3, -0.25) is 9.36 Å². The van der Waals surface area contributed by atoms with Crippen LogP contribution in [0.3, 0.4) is 0 Å². The number of hydrogen-bond acceptors (Lipinski definition) is 5. The molecule has 1 aliphatic rings. The second kappa shape index (κ2) is 8.32. The molecule has 0 amide bonds. The fraction of sp³-hybridized carbons (Fsp3) is 0.120. The molecule has 0 unspecified atom stereocenters. The van der Waals surface area contributed by atoms with Gasteiger partial charge in [0, 0.05) is 5.75 Å². The molecule has 3 aromatic carbocycles. The van der Waals surface area contributed by atoms with E-state index in [1.165, 1.54) is 0 Å². The van der Waals surface area contributed by atoms with Crippen molar-refractivity contribution in [2.24, 2.45) is 0 Å². The van der Waals surface area contributed by atoms with E-state index in [9.17, 15) is 4.79 Å². The van der Waals surface area contributed by atoms with Gasteiger partial charge in [-0.05, 0) is 41.0 Å². The summed E-state index contributed by atoms with van der Waals surface area (Å²) in [5.74, 6) is 2.14. The van der Waals surface area contributed by atoms with Gasteiger partial charge >= 0.3 is 0 Å². The summed E-state index contributed by atoms with van der Waals surface area (Å²) in [6.07, 6.45) is 1.82. The molecule has 6 heteroatoms. The third-order valence-corrected chi connectivity index (χ3v) is 6.24. The van der Waals surface area contributed by atoms with Crippen LogP contribution in [0.5, 0.6) is 11.5 Å². The standard InChI is InChI=1S/C25H20N2O3S/c1-2-17-7-9-18(10-8-17)15-31-25-26-21-6-4-3-5-20(21)24(28)27(25)14-19-11-12-22-23(13-19)30-16-29-22/h2-13H,1,14-16H2. The highest BCUT2D eigenvalue weighted by atomic mass is 32.2. The van der Waals surface area contributed by atoms with Crippen LogP contribution in [0.15, 0.2) is 83.3 Å². The van der Waals surface area contributed by atoms with E-state index in [1.54, 1.807) is 16.3 Å². The van der Waals surface area contributed by atoms with Crippen LogP contribution in [0.4, 0.5) is 0 Å². The molecule has 0 bridgehead atoms. The van der Waals surface area contributed by atoms with E-state index in [0.717, 1.165) is 22.4 Å². The van der Waals surface area contributed by atoms with Gasteiger partial charge in [0.05, 0.1) is 17.4 Å². The van der Waals surface area contributed by atoms with Crippen LogP contribution in [0.25, 0.3) is 17.0 Å². The van der Waals surface area contributed by atoms with Crippen molar-refractivity contribution < 1.29 is 9.47 Å². The third-order valence-electron chi connectivity index (χ3n) is 5.19. The smallest absolute Gasteiger partial charge is 0.262 e. The molecule has 0 aliphatic carbocycles.